The highest BCUT2D eigenvalue weighted by Gasteiger charge is 2.08. The predicted octanol–water partition coefficient (Wildman–Crippen LogP) is 3.53. The Bertz CT molecular complexity index is 376. The van der Waals surface area contributed by atoms with Gasteiger partial charge in [-0.1, -0.05) is 19.8 Å². The first-order chi connectivity index (χ1) is 8.04. The lowest BCUT2D eigenvalue weighted by Crippen LogP contribution is -2.14. The number of amides is 1. The van der Waals surface area contributed by atoms with Crippen LogP contribution in [0.1, 0.15) is 49.6 Å². The van der Waals surface area contributed by atoms with E-state index >= 15 is 0 Å². The van der Waals surface area contributed by atoms with Gasteiger partial charge in [-0.2, -0.15) is 0 Å². The fraction of sp³-hybridized carbons (Fsp3) is 0.571. The van der Waals surface area contributed by atoms with Gasteiger partial charge in [0.25, 0.3) is 0 Å². The molecular weight excluding hydrogens is 212 g/mol. The summed E-state index contributed by atoms with van der Waals surface area (Å²) in [7, 11) is 0. The number of pyridine rings is 1. The summed E-state index contributed by atoms with van der Waals surface area (Å²) in [6.45, 7) is 8.04. The number of aryl methyl sites for hydroxylation is 3. The monoisotopic (exact) mass is 234 g/mol. The maximum atomic E-state index is 11.7. The second-order valence-electron chi connectivity index (χ2n) is 4.55. The van der Waals surface area contributed by atoms with Gasteiger partial charge in [0.2, 0.25) is 5.91 Å². The molecule has 0 bridgehead atoms. The topological polar surface area (TPSA) is 42.0 Å². The van der Waals surface area contributed by atoms with E-state index in [2.05, 4.69) is 17.2 Å². The van der Waals surface area contributed by atoms with Crippen LogP contribution in [0.2, 0.25) is 0 Å². The molecule has 0 aromatic carbocycles. The molecule has 1 aromatic rings. The zero-order chi connectivity index (χ0) is 12.8. The van der Waals surface area contributed by atoms with Crippen LogP contribution in [-0.2, 0) is 4.79 Å². The number of rotatable bonds is 5. The SMILES string of the molecule is CCCCCC(=O)Nc1c(C)cc(C)nc1C. The molecule has 1 rings (SSSR count). The zero-order valence-electron chi connectivity index (χ0n) is 11.3. The van der Waals surface area contributed by atoms with E-state index in [9.17, 15) is 4.79 Å². The summed E-state index contributed by atoms with van der Waals surface area (Å²) in [6.07, 6.45) is 3.80. The number of carbonyl (C=O) groups excluding carboxylic acids is 1. The standard InChI is InChI=1S/C14H22N2O/c1-5-6-7-8-13(17)16-14-10(2)9-11(3)15-12(14)4/h9H,5-8H2,1-4H3,(H,16,17). The molecule has 1 heterocycles. The highest BCUT2D eigenvalue weighted by Crippen LogP contribution is 2.19. The van der Waals surface area contributed by atoms with Crippen LogP contribution >= 0.6 is 0 Å². The second kappa shape index (κ2) is 6.38. The van der Waals surface area contributed by atoms with Gasteiger partial charge >= 0.3 is 0 Å². The van der Waals surface area contributed by atoms with Gasteiger partial charge in [-0.05, 0) is 38.8 Å². The first-order valence-electron chi connectivity index (χ1n) is 6.29. The van der Waals surface area contributed by atoms with E-state index in [1.165, 1.54) is 0 Å². The number of carbonyl (C=O) groups is 1. The molecule has 0 saturated carbocycles. The van der Waals surface area contributed by atoms with Crippen molar-refractivity contribution in [2.75, 3.05) is 5.32 Å². The van der Waals surface area contributed by atoms with Crippen molar-refractivity contribution in [2.24, 2.45) is 0 Å². The molecule has 1 amide bonds. The summed E-state index contributed by atoms with van der Waals surface area (Å²) in [5.41, 5.74) is 3.84. The molecule has 94 valence electrons. The zero-order valence-corrected chi connectivity index (χ0v) is 11.3. The molecule has 0 atom stereocenters. The Morgan fingerprint density at radius 2 is 2.00 bits per heavy atom. The third kappa shape index (κ3) is 4.17. The van der Waals surface area contributed by atoms with Crippen molar-refractivity contribution in [2.45, 2.75) is 53.4 Å². The van der Waals surface area contributed by atoms with Gasteiger partial charge in [0.1, 0.15) is 0 Å². The Labute approximate surface area is 104 Å². The summed E-state index contributed by atoms with van der Waals surface area (Å²) in [5, 5.41) is 2.96. The first-order valence-corrected chi connectivity index (χ1v) is 6.29. The molecule has 0 aliphatic rings. The van der Waals surface area contributed by atoms with Crippen molar-refractivity contribution in [1.29, 1.82) is 0 Å². The third-order valence-electron chi connectivity index (χ3n) is 2.80. The molecule has 3 nitrogen and oxygen atoms in total. The molecule has 0 spiro atoms. The summed E-state index contributed by atoms with van der Waals surface area (Å²) >= 11 is 0. The highest BCUT2D eigenvalue weighted by atomic mass is 16.1. The van der Waals surface area contributed by atoms with Gasteiger partial charge < -0.3 is 5.32 Å². The van der Waals surface area contributed by atoms with E-state index in [0.717, 1.165) is 41.9 Å². The molecular formula is C14H22N2O. The quantitative estimate of drug-likeness (QED) is 0.792. The normalized spacial score (nSPS) is 10.4. The van der Waals surface area contributed by atoms with Gasteiger partial charge in [0.15, 0.2) is 0 Å². The summed E-state index contributed by atoms with van der Waals surface area (Å²) in [6, 6.07) is 1.99. The maximum Gasteiger partial charge on any atom is 0.224 e. The lowest BCUT2D eigenvalue weighted by Gasteiger charge is -2.11. The lowest BCUT2D eigenvalue weighted by molar-refractivity contribution is -0.116. The van der Waals surface area contributed by atoms with E-state index in [4.69, 9.17) is 0 Å². The summed E-state index contributed by atoms with van der Waals surface area (Å²) in [5.74, 6) is 0.0929. The van der Waals surface area contributed by atoms with Crippen LogP contribution in [0.3, 0.4) is 0 Å². The Hall–Kier alpha value is -1.38. The molecule has 1 aromatic heterocycles. The van der Waals surface area contributed by atoms with Crippen LogP contribution in [0.5, 0.6) is 0 Å². The van der Waals surface area contributed by atoms with Crippen LogP contribution in [0.25, 0.3) is 0 Å². The van der Waals surface area contributed by atoms with Crippen LogP contribution in [0, 0.1) is 20.8 Å². The van der Waals surface area contributed by atoms with Gasteiger partial charge in [-0.25, -0.2) is 0 Å². The fourth-order valence-corrected chi connectivity index (χ4v) is 1.95. The van der Waals surface area contributed by atoms with Crippen molar-refractivity contribution in [3.05, 3.63) is 23.0 Å². The molecule has 0 fully saturated rings. The molecule has 0 aliphatic carbocycles. The molecule has 0 saturated heterocycles. The Morgan fingerprint density at radius 3 is 2.59 bits per heavy atom. The van der Waals surface area contributed by atoms with E-state index in [-0.39, 0.29) is 5.91 Å². The van der Waals surface area contributed by atoms with Crippen LogP contribution in [0.15, 0.2) is 6.07 Å². The number of hydrogen-bond acceptors (Lipinski definition) is 2. The second-order valence-corrected chi connectivity index (χ2v) is 4.55. The summed E-state index contributed by atoms with van der Waals surface area (Å²) < 4.78 is 0. The molecule has 1 N–H and O–H groups in total. The number of nitrogens with zero attached hydrogens (tertiary/aromatic N) is 1. The third-order valence-corrected chi connectivity index (χ3v) is 2.80. The molecule has 3 heteroatoms. The summed E-state index contributed by atoms with van der Waals surface area (Å²) in [4.78, 5) is 16.1. The van der Waals surface area contributed by atoms with Crippen molar-refractivity contribution in [3.8, 4) is 0 Å². The minimum atomic E-state index is 0.0929. The van der Waals surface area contributed by atoms with Crippen LogP contribution in [-0.4, -0.2) is 10.9 Å². The average molecular weight is 234 g/mol. The van der Waals surface area contributed by atoms with Crippen molar-refractivity contribution < 1.29 is 4.79 Å². The minimum Gasteiger partial charge on any atom is -0.324 e. The Balaban J connectivity index is 2.65. The molecule has 0 radical (unpaired) electrons. The molecule has 17 heavy (non-hydrogen) atoms. The molecule has 0 aliphatic heterocycles. The van der Waals surface area contributed by atoms with Gasteiger partial charge in [0, 0.05) is 12.1 Å². The van der Waals surface area contributed by atoms with E-state index in [0.29, 0.717) is 6.42 Å². The smallest absolute Gasteiger partial charge is 0.224 e. The van der Waals surface area contributed by atoms with Crippen LogP contribution in [0.4, 0.5) is 5.69 Å². The maximum absolute atomic E-state index is 11.7. The highest BCUT2D eigenvalue weighted by molar-refractivity contribution is 5.92. The lowest BCUT2D eigenvalue weighted by atomic mass is 10.1. The van der Waals surface area contributed by atoms with Crippen LogP contribution < -0.4 is 5.32 Å². The first kappa shape index (κ1) is 13.7. The number of hydrogen-bond donors (Lipinski definition) is 1. The number of nitrogens with one attached hydrogen (secondary N) is 1. The van der Waals surface area contributed by atoms with Crippen molar-refractivity contribution in [1.82, 2.24) is 4.98 Å². The Kier molecular flexibility index (Phi) is 5.13. The van der Waals surface area contributed by atoms with Crippen molar-refractivity contribution in [3.63, 3.8) is 0 Å². The Morgan fingerprint density at radius 1 is 1.29 bits per heavy atom. The van der Waals surface area contributed by atoms with Gasteiger partial charge in [-0.15, -0.1) is 0 Å². The van der Waals surface area contributed by atoms with E-state index in [1.54, 1.807) is 0 Å². The number of aromatic nitrogens is 1. The molecule has 0 unspecified atom stereocenters. The van der Waals surface area contributed by atoms with Crippen molar-refractivity contribution >= 4 is 11.6 Å². The average Bonchev–Trinajstić information content (AvgIpc) is 2.24. The largest absolute Gasteiger partial charge is 0.324 e. The fourth-order valence-electron chi connectivity index (χ4n) is 1.95. The number of anilines is 1. The predicted molar refractivity (Wildman–Crippen MR) is 71.2 cm³/mol. The minimum absolute atomic E-state index is 0.0929. The van der Waals surface area contributed by atoms with E-state index in [1.807, 2.05) is 26.8 Å². The number of unbranched alkanes of at least 4 members (excludes halogenated alkanes) is 2. The van der Waals surface area contributed by atoms with Gasteiger partial charge in [0.05, 0.1) is 11.4 Å². The van der Waals surface area contributed by atoms with Gasteiger partial charge in [-0.3, -0.25) is 9.78 Å². The van der Waals surface area contributed by atoms with E-state index < -0.39 is 0 Å².